The summed E-state index contributed by atoms with van der Waals surface area (Å²) in [5.41, 5.74) is 2.58. The van der Waals surface area contributed by atoms with Crippen LogP contribution in [0.2, 0.25) is 0 Å². The van der Waals surface area contributed by atoms with Gasteiger partial charge in [-0.15, -0.1) is 0 Å². The number of rotatable bonds is 3. The third kappa shape index (κ3) is 5.17. The number of anilines is 1. The number of halogens is 3. The predicted molar refractivity (Wildman–Crippen MR) is 86.9 cm³/mol. The van der Waals surface area contributed by atoms with E-state index in [2.05, 4.69) is 15.8 Å². The summed E-state index contributed by atoms with van der Waals surface area (Å²) in [6.07, 6.45) is -4.47. The van der Waals surface area contributed by atoms with Crippen LogP contribution in [0.1, 0.15) is 18.1 Å². The number of amides is 2. The molecule has 2 amide bonds. The SMILES string of the molecule is CC(=NNC(=O)C(=O)Nc1ccc(C(F)(F)F)cc1)c1ccccc1. The van der Waals surface area contributed by atoms with Gasteiger partial charge in [0.15, 0.2) is 0 Å². The van der Waals surface area contributed by atoms with Gasteiger partial charge in [-0.3, -0.25) is 9.59 Å². The summed E-state index contributed by atoms with van der Waals surface area (Å²) in [4.78, 5) is 23.4. The number of alkyl halides is 3. The number of hydrazone groups is 1. The van der Waals surface area contributed by atoms with E-state index in [0.717, 1.165) is 29.8 Å². The van der Waals surface area contributed by atoms with Crippen LogP contribution >= 0.6 is 0 Å². The smallest absolute Gasteiger partial charge is 0.318 e. The Morgan fingerprint density at radius 2 is 1.52 bits per heavy atom. The number of nitrogens with one attached hydrogen (secondary N) is 2. The van der Waals surface area contributed by atoms with Crippen LogP contribution in [0.3, 0.4) is 0 Å². The Balaban J connectivity index is 1.95. The highest BCUT2D eigenvalue weighted by Gasteiger charge is 2.30. The molecule has 25 heavy (non-hydrogen) atoms. The van der Waals surface area contributed by atoms with Crippen LogP contribution in [0, 0.1) is 0 Å². The molecule has 0 heterocycles. The van der Waals surface area contributed by atoms with E-state index in [4.69, 9.17) is 0 Å². The quantitative estimate of drug-likeness (QED) is 0.508. The molecular formula is C17H14F3N3O2. The molecule has 0 aliphatic rings. The summed E-state index contributed by atoms with van der Waals surface area (Å²) >= 11 is 0. The van der Waals surface area contributed by atoms with Crippen molar-refractivity contribution in [3.05, 3.63) is 65.7 Å². The van der Waals surface area contributed by atoms with Gasteiger partial charge >= 0.3 is 18.0 Å². The average Bonchev–Trinajstić information content (AvgIpc) is 2.59. The molecule has 0 radical (unpaired) electrons. The van der Waals surface area contributed by atoms with E-state index >= 15 is 0 Å². The fourth-order valence-electron chi connectivity index (χ4n) is 1.86. The zero-order valence-corrected chi connectivity index (χ0v) is 13.1. The second-order valence-corrected chi connectivity index (χ2v) is 5.03. The maximum atomic E-state index is 12.5. The summed E-state index contributed by atoms with van der Waals surface area (Å²) in [7, 11) is 0. The van der Waals surface area contributed by atoms with Crippen LogP contribution < -0.4 is 10.7 Å². The third-order valence-electron chi connectivity index (χ3n) is 3.19. The van der Waals surface area contributed by atoms with E-state index in [1.165, 1.54) is 0 Å². The fraction of sp³-hybridized carbons (Fsp3) is 0.118. The Morgan fingerprint density at radius 3 is 2.08 bits per heavy atom. The molecule has 0 aromatic heterocycles. The van der Waals surface area contributed by atoms with Gasteiger partial charge in [-0.1, -0.05) is 30.3 Å². The van der Waals surface area contributed by atoms with Crippen molar-refractivity contribution >= 4 is 23.2 Å². The van der Waals surface area contributed by atoms with Gasteiger partial charge in [-0.05, 0) is 36.8 Å². The molecule has 0 fully saturated rings. The summed E-state index contributed by atoms with van der Waals surface area (Å²) in [5.74, 6) is -2.07. The lowest BCUT2D eigenvalue weighted by Gasteiger charge is -2.08. The van der Waals surface area contributed by atoms with E-state index < -0.39 is 23.6 Å². The standard InChI is InChI=1S/C17H14F3N3O2/c1-11(12-5-3-2-4-6-12)22-23-16(25)15(24)21-14-9-7-13(8-10-14)17(18,19)20/h2-10H,1H3,(H,21,24)(H,23,25). The molecule has 0 bridgehead atoms. The van der Waals surface area contributed by atoms with Crippen LogP contribution in [0.15, 0.2) is 59.7 Å². The Labute approximate surface area is 141 Å². The average molecular weight is 349 g/mol. The Hall–Kier alpha value is -3.16. The predicted octanol–water partition coefficient (Wildman–Crippen LogP) is 3.18. The van der Waals surface area contributed by atoms with Crippen molar-refractivity contribution in [3.63, 3.8) is 0 Å². The maximum absolute atomic E-state index is 12.5. The molecule has 2 rings (SSSR count). The Bertz CT molecular complexity index is 785. The normalized spacial score (nSPS) is 11.8. The Kier molecular flexibility index (Phi) is 5.53. The molecule has 8 heteroatoms. The molecule has 5 nitrogen and oxygen atoms in total. The van der Waals surface area contributed by atoms with Gasteiger partial charge in [-0.2, -0.15) is 18.3 Å². The first-order valence-electron chi connectivity index (χ1n) is 7.15. The zero-order valence-electron chi connectivity index (χ0n) is 13.1. The van der Waals surface area contributed by atoms with Crippen LogP contribution in [0.5, 0.6) is 0 Å². The van der Waals surface area contributed by atoms with Crippen LogP contribution in [0.25, 0.3) is 0 Å². The molecule has 2 aromatic carbocycles. The van der Waals surface area contributed by atoms with Gasteiger partial charge in [0.1, 0.15) is 0 Å². The highest BCUT2D eigenvalue weighted by Crippen LogP contribution is 2.29. The maximum Gasteiger partial charge on any atom is 0.416 e. The van der Waals surface area contributed by atoms with Crippen LogP contribution in [-0.2, 0) is 15.8 Å². The van der Waals surface area contributed by atoms with Gasteiger partial charge < -0.3 is 5.32 Å². The van der Waals surface area contributed by atoms with Crippen molar-refractivity contribution in [2.75, 3.05) is 5.32 Å². The summed E-state index contributed by atoms with van der Waals surface area (Å²) < 4.78 is 37.4. The lowest BCUT2D eigenvalue weighted by Crippen LogP contribution is -2.32. The monoisotopic (exact) mass is 349 g/mol. The van der Waals surface area contributed by atoms with Gasteiger partial charge in [0.2, 0.25) is 0 Å². The molecule has 0 atom stereocenters. The number of hydrogen-bond donors (Lipinski definition) is 2. The van der Waals surface area contributed by atoms with E-state index in [1.54, 1.807) is 31.2 Å². The number of carbonyl (C=O) groups is 2. The van der Waals surface area contributed by atoms with Gasteiger partial charge in [0.25, 0.3) is 0 Å². The number of hydrogen-bond acceptors (Lipinski definition) is 3. The molecule has 2 aromatic rings. The molecular weight excluding hydrogens is 335 g/mol. The van der Waals surface area contributed by atoms with Crippen molar-refractivity contribution in [3.8, 4) is 0 Å². The van der Waals surface area contributed by atoms with Crippen molar-refractivity contribution in [1.82, 2.24) is 5.43 Å². The molecule has 0 saturated carbocycles. The van der Waals surface area contributed by atoms with E-state index in [0.29, 0.717) is 5.71 Å². The molecule has 2 N–H and O–H groups in total. The highest BCUT2D eigenvalue weighted by molar-refractivity contribution is 6.39. The summed E-state index contributed by atoms with van der Waals surface area (Å²) in [6, 6.07) is 12.7. The second kappa shape index (κ2) is 7.61. The van der Waals surface area contributed by atoms with Crippen molar-refractivity contribution < 1.29 is 22.8 Å². The number of carbonyl (C=O) groups excluding carboxylic acids is 2. The largest absolute Gasteiger partial charge is 0.416 e. The third-order valence-corrected chi connectivity index (χ3v) is 3.19. The van der Waals surface area contributed by atoms with Crippen molar-refractivity contribution in [1.29, 1.82) is 0 Å². The first-order valence-corrected chi connectivity index (χ1v) is 7.15. The zero-order chi connectivity index (χ0) is 18.4. The molecule has 0 aliphatic heterocycles. The topological polar surface area (TPSA) is 70.6 Å². The summed E-state index contributed by atoms with van der Waals surface area (Å²) in [6.45, 7) is 1.66. The minimum Gasteiger partial charge on any atom is -0.318 e. The van der Waals surface area contributed by atoms with Crippen molar-refractivity contribution in [2.24, 2.45) is 5.10 Å². The first kappa shape index (κ1) is 18.2. The minimum atomic E-state index is -4.47. The van der Waals surface area contributed by atoms with Gasteiger partial charge in [0, 0.05) is 5.69 Å². The van der Waals surface area contributed by atoms with E-state index in [9.17, 15) is 22.8 Å². The molecule has 130 valence electrons. The minimum absolute atomic E-state index is 0.0666. The molecule has 0 aliphatic carbocycles. The second-order valence-electron chi connectivity index (χ2n) is 5.03. The van der Waals surface area contributed by atoms with Crippen LogP contribution in [0.4, 0.5) is 18.9 Å². The molecule has 0 spiro atoms. The van der Waals surface area contributed by atoms with Crippen molar-refractivity contribution in [2.45, 2.75) is 13.1 Å². The lowest BCUT2D eigenvalue weighted by atomic mass is 10.1. The number of nitrogens with zero attached hydrogens (tertiary/aromatic N) is 1. The number of benzene rings is 2. The highest BCUT2D eigenvalue weighted by atomic mass is 19.4. The van der Waals surface area contributed by atoms with Gasteiger partial charge in [-0.25, -0.2) is 5.43 Å². The molecule has 0 saturated heterocycles. The van der Waals surface area contributed by atoms with E-state index in [-0.39, 0.29) is 5.69 Å². The lowest BCUT2D eigenvalue weighted by molar-refractivity contribution is -0.137. The first-order chi connectivity index (χ1) is 11.8. The fourth-order valence-corrected chi connectivity index (χ4v) is 1.86. The summed E-state index contributed by atoms with van der Waals surface area (Å²) in [5, 5.41) is 6.01. The van der Waals surface area contributed by atoms with Gasteiger partial charge in [0.05, 0.1) is 11.3 Å². The Morgan fingerprint density at radius 1 is 0.920 bits per heavy atom. The van der Waals surface area contributed by atoms with E-state index in [1.807, 2.05) is 6.07 Å². The van der Waals surface area contributed by atoms with Crippen LogP contribution in [-0.4, -0.2) is 17.5 Å². The molecule has 0 unspecified atom stereocenters.